The number of hydrogen-bond acceptors (Lipinski definition) is 5. The number of nitrogens with zero attached hydrogens (tertiary/aromatic N) is 3. The number of anilines is 8. The van der Waals surface area contributed by atoms with Crippen molar-refractivity contribution in [3.05, 3.63) is 227 Å². The third kappa shape index (κ3) is 9.40. The van der Waals surface area contributed by atoms with Gasteiger partial charge in [0.15, 0.2) is 5.58 Å². The van der Waals surface area contributed by atoms with E-state index in [-0.39, 0.29) is 44.8 Å². The molecule has 2 aliphatic carbocycles. The second kappa shape index (κ2) is 20.6. The molecule has 2 aromatic heterocycles. The molecule has 472 valence electrons. The molecule has 6 heteroatoms. The number of thiophene rings is 1. The molecule has 0 fully saturated rings. The van der Waals surface area contributed by atoms with E-state index in [4.69, 9.17) is 4.42 Å². The molecule has 4 nitrogen and oxygen atoms in total. The van der Waals surface area contributed by atoms with E-state index in [9.17, 15) is 0 Å². The summed E-state index contributed by atoms with van der Waals surface area (Å²) in [5.41, 5.74) is 28.0. The van der Waals surface area contributed by atoms with Gasteiger partial charge >= 0.3 is 6.85 Å². The quantitative estimate of drug-likeness (QED) is 0.155. The fourth-order valence-corrected chi connectivity index (χ4v) is 17.9. The van der Waals surface area contributed by atoms with Crippen LogP contribution in [0, 0.1) is 0 Å². The lowest BCUT2D eigenvalue weighted by Gasteiger charge is -2.47. The molecule has 0 unspecified atom stereocenters. The number of hydrogen-bond donors (Lipinski definition) is 0. The molecule has 4 aliphatic rings. The van der Waals surface area contributed by atoms with E-state index in [1.54, 1.807) is 0 Å². The van der Waals surface area contributed by atoms with Gasteiger partial charge in [0, 0.05) is 76.2 Å². The summed E-state index contributed by atoms with van der Waals surface area (Å²) in [6, 6.07) is 73.9. The van der Waals surface area contributed by atoms with Gasteiger partial charge in [0.05, 0.1) is 11.4 Å². The van der Waals surface area contributed by atoms with Crippen molar-refractivity contribution >= 4 is 117 Å². The summed E-state index contributed by atoms with van der Waals surface area (Å²) in [6.45, 7) is 40.2. The van der Waals surface area contributed by atoms with Crippen LogP contribution in [0.4, 0.5) is 45.5 Å². The Morgan fingerprint density at radius 1 is 0.436 bits per heavy atom. The van der Waals surface area contributed by atoms with Crippen molar-refractivity contribution in [2.75, 3.05) is 14.6 Å². The zero-order valence-electron chi connectivity index (χ0n) is 58.5. The highest BCUT2D eigenvalue weighted by atomic mass is 32.1. The van der Waals surface area contributed by atoms with Crippen LogP contribution in [0.1, 0.15) is 182 Å². The van der Waals surface area contributed by atoms with Crippen LogP contribution in [-0.2, 0) is 37.9 Å². The van der Waals surface area contributed by atoms with Crippen LogP contribution < -0.4 is 25.5 Å². The highest BCUT2D eigenvalue weighted by Crippen LogP contribution is 2.58. The van der Waals surface area contributed by atoms with E-state index in [0.717, 1.165) is 70.7 Å². The summed E-state index contributed by atoms with van der Waals surface area (Å²) in [5.74, 6) is 0. The molecule has 12 aromatic rings. The lowest BCUT2D eigenvalue weighted by Crippen LogP contribution is -2.61. The Morgan fingerprint density at radius 3 is 1.62 bits per heavy atom. The largest absolute Gasteiger partial charge is 0.454 e. The highest BCUT2D eigenvalue weighted by molar-refractivity contribution is 7.26. The monoisotopic (exact) mass is 1250 g/mol. The average Bonchev–Trinajstić information content (AvgIpc) is 1.17. The van der Waals surface area contributed by atoms with Gasteiger partial charge in [0.25, 0.3) is 0 Å². The lowest BCUT2D eigenvalue weighted by molar-refractivity contribution is 0.332. The van der Waals surface area contributed by atoms with Gasteiger partial charge in [-0.25, -0.2) is 0 Å². The molecular weight excluding hydrogens is 1160 g/mol. The minimum atomic E-state index is -0.279. The minimum absolute atomic E-state index is 0.000686. The maximum absolute atomic E-state index is 7.80. The Kier molecular flexibility index (Phi) is 13.3. The van der Waals surface area contributed by atoms with Crippen molar-refractivity contribution in [1.29, 1.82) is 0 Å². The molecule has 4 heterocycles. The van der Waals surface area contributed by atoms with Crippen LogP contribution in [0.25, 0.3) is 64.4 Å². The molecule has 2 aliphatic heterocycles. The van der Waals surface area contributed by atoms with Gasteiger partial charge in [-0.2, -0.15) is 0 Å². The first kappa shape index (κ1) is 60.6. The maximum Gasteiger partial charge on any atom is 0.333 e. The van der Waals surface area contributed by atoms with Crippen molar-refractivity contribution in [3.63, 3.8) is 0 Å². The van der Waals surface area contributed by atoms with E-state index in [0.29, 0.717) is 0 Å². The summed E-state index contributed by atoms with van der Waals surface area (Å²) >= 11 is 1.92. The van der Waals surface area contributed by atoms with Gasteiger partial charge in [0.1, 0.15) is 5.58 Å². The van der Waals surface area contributed by atoms with Gasteiger partial charge < -0.3 is 19.0 Å². The molecule has 0 bridgehead atoms. The molecule has 0 radical (unpaired) electrons. The summed E-state index contributed by atoms with van der Waals surface area (Å²) in [7, 11) is 0. The summed E-state index contributed by atoms with van der Waals surface area (Å²) in [6.07, 6.45) is 4.54. The van der Waals surface area contributed by atoms with Gasteiger partial charge in [-0.3, -0.25) is 0 Å². The van der Waals surface area contributed by atoms with E-state index >= 15 is 0 Å². The summed E-state index contributed by atoms with van der Waals surface area (Å²) in [4.78, 5) is 7.94. The normalized spacial score (nSPS) is 16.9. The Hall–Kier alpha value is -8.32. The van der Waals surface area contributed by atoms with E-state index in [1.807, 2.05) is 11.3 Å². The molecule has 0 saturated heterocycles. The lowest BCUT2D eigenvalue weighted by atomic mass is 9.43. The van der Waals surface area contributed by atoms with Crippen molar-refractivity contribution in [2.24, 2.45) is 0 Å². The second-order valence-corrected chi connectivity index (χ2v) is 35.0. The van der Waals surface area contributed by atoms with Gasteiger partial charge in [0.2, 0.25) is 0 Å². The number of furan rings is 1. The standard InChI is InChI=1S/C88H90BN3OS/c1-82(2,3)54-27-32-57(33-28-54)90(58-34-29-55(30-35-58)83(4,5)6)59-37-42-72-65(48-59)78-77-62-25-21-22-26-75(62)94-76(77)52-73-79(78)89(92(72)60-36-39-66-67(49-60)86(12,13)44-43-85(66,10)11)70-40-38-61-64-50-68-69(88(16,17)46-45-87(68,14)15)51-74(64)93-81(61)80(70)91(73)71-41-31-56(84(7,8)9)47-63(71)53-23-19-18-20-24-53/h18-42,47-52H,43-46H2,1-17H3. The number of fused-ring (bicyclic) bond motifs is 14. The molecular formula is C88H90BN3OS. The number of benzene rings is 10. The SMILES string of the molecule is CC(C)(C)c1ccc(N(c2ccc(C(C)(C)C)cc2)c2ccc3c(c2)-c2c4c(cc5sc6ccccc6c25)N(c2ccc(C(C)(C)C)cc2-c2ccccc2)c2c(ccc5c2oc2cc6c(cc25)C(C)(C)CCC6(C)C)B4N3c2ccc3c(c2)C(C)(C)CCC3(C)C)cc1. The molecule has 0 N–H and O–H groups in total. The van der Waals surface area contributed by atoms with Crippen molar-refractivity contribution in [2.45, 2.75) is 181 Å². The first-order chi connectivity index (χ1) is 44.5. The first-order valence-electron chi connectivity index (χ1n) is 34.6. The summed E-state index contributed by atoms with van der Waals surface area (Å²) < 4.78 is 10.3. The van der Waals surface area contributed by atoms with Gasteiger partial charge in [-0.15, -0.1) is 11.3 Å². The predicted molar refractivity (Wildman–Crippen MR) is 407 cm³/mol. The minimum Gasteiger partial charge on any atom is -0.454 e. The molecule has 0 atom stereocenters. The summed E-state index contributed by atoms with van der Waals surface area (Å²) in [5, 5.41) is 4.93. The molecule has 0 spiro atoms. The second-order valence-electron chi connectivity index (χ2n) is 33.9. The predicted octanol–water partition coefficient (Wildman–Crippen LogP) is 24.4. The van der Waals surface area contributed by atoms with Crippen LogP contribution in [0.5, 0.6) is 0 Å². The fourth-order valence-electron chi connectivity index (χ4n) is 16.7. The molecule has 10 aromatic carbocycles. The maximum atomic E-state index is 7.80. The molecule has 16 rings (SSSR count). The van der Waals surface area contributed by atoms with Crippen molar-refractivity contribution in [3.8, 4) is 22.3 Å². The van der Waals surface area contributed by atoms with Crippen LogP contribution in [0.2, 0.25) is 0 Å². The molecule has 94 heavy (non-hydrogen) atoms. The van der Waals surface area contributed by atoms with Crippen LogP contribution in [0.15, 0.2) is 192 Å². The Labute approximate surface area is 562 Å². The van der Waals surface area contributed by atoms with E-state index < -0.39 is 0 Å². The zero-order valence-corrected chi connectivity index (χ0v) is 59.3. The smallest absolute Gasteiger partial charge is 0.333 e. The first-order valence-corrected chi connectivity index (χ1v) is 35.4. The third-order valence-electron chi connectivity index (χ3n) is 22.6. The van der Waals surface area contributed by atoms with Crippen molar-refractivity contribution in [1.82, 2.24) is 0 Å². The average molecular weight is 1250 g/mol. The highest BCUT2D eigenvalue weighted by Gasteiger charge is 2.49. The Bertz CT molecular complexity index is 5040. The Balaban J connectivity index is 1.06. The van der Waals surface area contributed by atoms with Crippen LogP contribution in [0.3, 0.4) is 0 Å². The topological polar surface area (TPSA) is 22.9 Å². The third-order valence-corrected chi connectivity index (χ3v) is 23.8. The van der Waals surface area contributed by atoms with E-state index in [1.165, 1.54) is 115 Å². The van der Waals surface area contributed by atoms with Crippen LogP contribution >= 0.6 is 11.3 Å². The molecule has 0 saturated carbocycles. The Morgan fingerprint density at radius 2 is 0.989 bits per heavy atom. The van der Waals surface area contributed by atoms with Gasteiger partial charge in [-0.05, 0) is 216 Å². The van der Waals surface area contributed by atoms with Crippen molar-refractivity contribution < 1.29 is 4.42 Å². The van der Waals surface area contributed by atoms with E-state index in [2.05, 4.69) is 320 Å². The zero-order chi connectivity index (χ0) is 65.7. The number of rotatable bonds is 6. The molecule has 0 amide bonds. The van der Waals surface area contributed by atoms with Crippen LogP contribution in [-0.4, -0.2) is 6.85 Å². The van der Waals surface area contributed by atoms with Gasteiger partial charge in [-0.1, -0.05) is 215 Å². The fraction of sp³-hybridized carbons (Fsp3) is 0.318.